The van der Waals surface area contributed by atoms with Gasteiger partial charge in [-0.15, -0.1) is 0 Å². The van der Waals surface area contributed by atoms with Crippen LogP contribution >= 0.6 is 0 Å². The number of carbonyl (C=O) groups is 2. The fraction of sp³-hybridized carbons (Fsp3) is 0.467. The molecular formula is C15H21NO6. The number of amides is 1. The van der Waals surface area contributed by atoms with E-state index < -0.39 is 29.8 Å². The van der Waals surface area contributed by atoms with Crippen molar-refractivity contribution in [3.05, 3.63) is 29.8 Å². The highest BCUT2D eigenvalue weighted by Crippen LogP contribution is 2.22. The van der Waals surface area contributed by atoms with Crippen LogP contribution in [0.3, 0.4) is 0 Å². The van der Waals surface area contributed by atoms with Crippen LogP contribution in [0.1, 0.15) is 32.4 Å². The molecule has 22 heavy (non-hydrogen) atoms. The fourth-order valence-corrected chi connectivity index (χ4v) is 1.73. The van der Waals surface area contributed by atoms with E-state index in [1.165, 1.54) is 13.2 Å². The molecule has 1 aromatic carbocycles. The lowest BCUT2D eigenvalue weighted by molar-refractivity contribution is -0.142. The highest BCUT2D eigenvalue weighted by Gasteiger charge is 2.31. The van der Waals surface area contributed by atoms with Crippen molar-refractivity contribution in [2.45, 2.75) is 38.5 Å². The van der Waals surface area contributed by atoms with E-state index in [1.54, 1.807) is 39.0 Å². The van der Waals surface area contributed by atoms with Gasteiger partial charge in [-0.3, -0.25) is 0 Å². The summed E-state index contributed by atoms with van der Waals surface area (Å²) in [6.45, 7) is 4.96. The zero-order valence-electron chi connectivity index (χ0n) is 13.0. The standard InChI is InChI=1S/C15H21NO6/c1-15(2,3)22-14(20)16-11(13(18)19)12(17)9-6-5-7-10(8-9)21-4/h5-8,11-12,17H,1-4H3,(H,16,20)(H,18,19)/t11-,12+/m0/s1. The van der Waals surface area contributed by atoms with E-state index in [9.17, 15) is 19.8 Å². The quantitative estimate of drug-likeness (QED) is 0.764. The minimum Gasteiger partial charge on any atom is -0.497 e. The molecule has 0 bridgehead atoms. The number of hydrogen-bond acceptors (Lipinski definition) is 5. The van der Waals surface area contributed by atoms with E-state index in [4.69, 9.17) is 9.47 Å². The third kappa shape index (κ3) is 5.25. The number of hydrogen-bond donors (Lipinski definition) is 3. The molecule has 0 heterocycles. The zero-order valence-corrected chi connectivity index (χ0v) is 13.0. The van der Waals surface area contributed by atoms with Crippen molar-refractivity contribution in [2.24, 2.45) is 0 Å². The third-order valence-electron chi connectivity index (χ3n) is 2.69. The lowest BCUT2D eigenvalue weighted by Gasteiger charge is -2.24. The Morgan fingerprint density at radius 1 is 1.27 bits per heavy atom. The van der Waals surface area contributed by atoms with Crippen molar-refractivity contribution >= 4 is 12.1 Å². The molecule has 0 unspecified atom stereocenters. The predicted octanol–water partition coefficient (Wildman–Crippen LogP) is 1.71. The molecule has 0 aliphatic rings. The van der Waals surface area contributed by atoms with Crippen molar-refractivity contribution in [1.82, 2.24) is 5.32 Å². The summed E-state index contributed by atoms with van der Waals surface area (Å²) >= 11 is 0. The van der Waals surface area contributed by atoms with Gasteiger partial charge in [0.1, 0.15) is 17.5 Å². The molecule has 122 valence electrons. The maximum absolute atomic E-state index is 11.7. The maximum atomic E-state index is 11.7. The molecule has 7 nitrogen and oxygen atoms in total. The molecule has 0 aliphatic carbocycles. The number of carboxylic acid groups (broad SMARTS) is 1. The first-order chi connectivity index (χ1) is 10.1. The number of aliphatic carboxylic acids is 1. The molecule has 0 spiro atoms. The van der Waals surface area contributed by atoms with Crippen LogP contribution in [0.25, 0.3) is 0 Å². The van der Waals surface area contributed by atoms with Gasteiger partial charge in [-0.2, -0.15) is 0 Å². The van der Waals surface area contributed by atoms with E-state index in [-0.39, 0.29) is 0 Å². The van der Waals surface area contributed by atoms with Crippen LogP contribution in [-0.2, 0) is 9.53 Å². The molecule has 1 amide bonds. The Morgan fingerprint density at radius 2 is 1.91 bits per heavy atom. The molecule has 0 saturated heterocycles. The maximum Gasteiger partial charge on any atom is 0.408 e. The largest absolute Gasteiger partial charge is 0.497 e. The molecule has 1 rings (SSSR count). The second-order valence-electron chi connectivity index (χ2n) is 5.68. The molecule has 0 radical (unpaired) electrons. The predicted molar refractivity (Wildman–Crippen MR) is 78.7 cm³/mol. The second kappa shape index (κ2) is 7.13. The van der Waals surface area contributed by atoms with E-state index >= 15 is 0 Å². The highest BCUT2D eigenvalue weighted by molar-refractivity contribution is 5.80. The Hall–Kier alpha value is -2.28. The first-order valence-electron chi connectivity index (χ1n) is 6.68. The van der Waals surface area contributed by atoms with Gasteiger partial charge in [0.05, 0.1) is 7.11 Å². The SMILES string of the molecule is COc1cccc([C@@H](O)[C@H](NC(=O)OC(C)(C)C)C(=O)O)c1. The van der Waals surface area contributed by atoms with E-state index in [0.29, 0.717) is 11.3 Å². The molecule has 0 aliphatic heterocycles. The number of aliphatic hydroxyl groups excluding tert-OH is 1. The minimum absolute atomic E-state index is 0.308. The average Bonchev–Trinajstić information content (AvgIpc) is 2.42. The number of benzene rings is 1. The number of alkyl carbamates (subject to hydrolysis) is 1. The van der Waals surface area contributed by atoms with Crippen molar-refractivity contribution in [3.63, 3.8) is 0 Å². The van der Waals surface area contributed by atoms with Gasteiger partial charge in [-0.25, -0.2) is 9.59 Å². The Morgan fingerprint density at radius 3 is 2.41 bits per heavy atom. The topological polar surface area (TPSA) is 105 Å². The van der Waals surface area contributed by atoms with Crippen LogP contribution < -0.4 is 10.1 Å². The molecule has 3 N–H and O–H groups in total. The van der Waals surface area contributed by atoms with Gasteiger partial charge < -0.3 is 25.0 Å². The van der Waals surface area contributed by atoms with Crippen LogP contribution in [0.15, 0.2) is 24.3 Å². The van der Waals surface area contributed by atoms with E-state index in [2.05, 4.69) is 5.32 Å². The van der Waals surface area contributed by atoms with Crippen molar-refractivity contribution < 1.29 is 29.3 Å². The van der Waals surface area contributed by atoms with Crippen molar-refractivity contribution in [3.8, 4) is 5.75 Å². The van der Waals surface area contributed by atoms with Crippen LogP contribution in [0.4, 0.5) is 4.79 Å². The Balaban J connectivity index is 2.90. The van der Waals surface area contributed by atoms with Gasteiger partial charge in [-0.05, 0) is 38.5 Å². The zero-order chi connectivity index (χ0) is 16.9. The summed E-state index contributed by atoms with van der Waals surface area (Å²) < 4.78 is 10.0. The first kappa shape index (κ1) is 17.8. The lowest BCUT2D eigenvalue weighted by Crippen LogP contribution is -2.46. The number of nitrogens with one attached hydrogen (secondary N) is 1. The molecule has 0 aromatic heterocycles. The summed E-state index contributed by atoms with van der Waals surface area (Å²) in [4.78, 5) is 23.0. The van der Waals surface area contributed by atoms with Crippen LogP contribution in [0.5, 0.6) is 5.75 Å². The Bertz CT molecular complexity index is 537. The summed E-state index contributed by atoms with van der Waals surface area (Å²) in [6.07, 6.45) is -2.36. The second-order valence-corrected chi connectivity index (χ2v) is 5.68. The number of aliphatic hydroxyl groups is 1. The fourth-order valence-electron chi connectivity index (χ4n) is 1.73. The molecule has 7 heteroatoms. The van der Waals surface area contributed by atoms with E-state index in [1.807, 2.05) is 0 Å². The summed E-state index contributed by atoms with van der Waals surface area (Å²) in [5.41, 5.74) is -0.462. The number of rotatable bonds is 5. The Kier molecular flexibility index (Phi) is 5.76. The monoisotopic (exact) mass is 311 g/mol. The molecule has 1 aromatic rings. The van der Waals surface area contributed by atoms with Crippen molar-refractivity contribution in [1.29, 1.82) is 0 Å². The summed E-state index contributed by atoms with van der Waals surface area (Å²) in [6, 6.07) is 4.77. The van der Waals surface area contributed by atoms with Gasteiger partial charge in [0.2, 0.25) is 0 Å². The van der Waals surface area contributed by atoms with Gasteiger partial charge in [-0.1, -0.05) is 12.1 Å². The summed E-state index contributed by atoms with van der Waals surface area (Å²) in [7, 11) is 1.46. The van der Waals surface area contributed by atoms with Crippen LogP contribution in [0.2, 0.25) is 0 Å². The van der Waals surface area contributed by atoms with Gasteiger partial charge >= 0.3 is 12.1 Å². The highest BCUT2D eigenvalue weighted by atomic mass is 16.6. The molecule has 2 atom stereocenters. The van der Waals surface area contributed by atoms with Crippen LogP contribution in [-0.4, -0.2) is 41.0 Å². The number of carboxylic acids is 1. The lowest BCUT2D eigenvalue weighted by atomic mass is 10.0. The van der Waals surface area contributed by atoms with Crippen LogP contribution in [0, 0.1) is 0 Å². The molecule has 0 saturated carbocycles. The normalized spacial score (nSPS) is 13.9. The van der Waals surface area contributed by atoms with Gasteiger partial charge in [0.25, 0.3) is 0 Å². The van der Waals surface area contributed by atoms with Crippen molar-refractivity contribution in [2.75, 3.05) is 7.11 Å². The van der Waals surface area contributed by atoms with E-state index in [0.717, 1.165) is 0 Å². The summed E-state index contributed by atoms with van der Waals surface area (Å²) in [5, 5.41) is 21.6. The summed E-state index contributed by atoms with van der Waals surface area (Å²) in [5.74, 6) is -0.904. The Labute approximate surface area is 128 Å². The van der Waals surface area contributed by atoms with Gasteiger partial charge in [0, 0.05) is 0 Å². The number of methoxy groups -OCH3 is 1. The number of carbonyl (C=O) groups excluding carboxylic acids is 1. The third-order valence-corrected chi connectivity index (χ3v) is 2.69. The first-order valence-corrected chi connectivity index (χ1v) is 6.68. The minimum atomic E-state index is -1.54. The molecule has 0 fully saturated rings. The molecular weight excluding hydrogens is 290 g/mol. The van der Waals surface area contributed by atoms with Gasteiger partial charge in [0.15, 0.2) is 6.04 Å². The average molecular weight is 311 g/mol. The number of ether oxygens (including phenoxy) is 2. The smallest absolute Gasteiger partial charge is 0.408 e.